The van der Waals surface area contributed by atoms with Crippen molar-refractivity contribution in [2.75, 3.05) is 30.3 Å². The minimum absolute atomic E-state index is 0.0422. The summed E-state index contributed by atoms with van der Waals surface area (Å²) in [7, 11) is -5.79. The van der Waals surface area contributed by atoms with Crippen LogP contribution in [-0.2, 0) is 20.0 Å². The number of benzene rings is 1. The van der Waals surface area contributed by atoms with Gasteiger partial charge in [0.25, 0.3) is 0 Å². The third kappa shape index (κ3) is 4.20. The number of ether oxygens (including phenoxy) is 1. The van der Waals surface area contributed by atoms with Crippen LogP contribution in [0.1, 0.15) is 32.6 Å². The number of hydrogen-bond donors (Lipinski definition) is 1. The second-order valence-corrected chi connectivity index (χ2v) is 9.43. The van der Waals surface area contributed by atoms with Crippen LogP contribution in [-0.4, -0.2) is 42.8 Å². The van der Waals surface area contributed by atoms with Crippen LogP contribution in [0.25, 0.3) is 0 Å². The number of methoxy groups -OCH3 is 1. The van der Waals surface area contributed by atoms with E-state index in [9.17, 15) is 16.8 Å². The molecule has 1 aliphatic heterocycles. The van der Waals surface area contributed by atoms with E-state index in [1.165, 1.54) is 23.5 Å². The first-order valence-electron chi connectivity index (χ1n) is 8.00. The van der Waals surface area contributed by atoms with Crippen LogP contribution in [0.4, 0.5) is 5.69 Å². The standard InChI is InChI=1S/C15H24N2O5S2/c1-3-4-9-16-24(20,21)15-12-13(7-8-14(15)22-2)17-10-5-6-11-23(17,18)19/h7-8,12,16H,3-6,9-11H2,1-2H3. The van der Waals surface area contributed by atoms with Crippen molar-refractivity contribution in [1.82, 2.24) is 4.72 Å². The summed E-state index contributed by atoms with van der Waals surface area (Å²) >= 11 is 0. The number of anilines is 1. The van der Waals surface area contributed by atoms with Gasteiger partial charge in [0.15, 0.2) is 0 Å². The molecule has 0 spiro atoms. The van der Waals surface area contributed by atoms with E-state index in [-0.39, 0.29) is 16.4 Å². The van der Waals surface area contributed by atoms with Crippen molar-refractivity contribution in [2.24, 2.45) is 0 Å². The average molecular weight is 377 g/mol. The fraction of sp³-hybridized carbons (Fsp3) is 0.600. The minimum atomic E-state index is -3.77. The smallest absolute Gasteiger partial charge is 0.244 e. The number of sulfonamides is 2. The van der Waals surface area contributed by atoms with Gasteiger partial charge in [-0.2, -0.15) is 0 Å². The topological polar surface area (TPSA) is 92.8 Å². The van der Waals surface area contributed by atoms with Crippen LogP contribution >= 0.6 is 0 Å². The third-order valence-corrected chi connectivity index (χ3v) is 7.25. The van der Waals surface area contributed by atoms with E-state index in [1.807, 2.05) is 6.92 Å². The summed E-state index contributed by atoms with van der Waals surface area (Å²) in [4.78, 5) is -0.0422. The molecule has 1 fully saturated rings. The summed E-state index contributed by atoms with van der Waals surface area (Å²) < 4.78 is 58.5. The van der Waals surface area contributed by atoms with Crippen LogP contribution < -0.4 is 13.8 Å². The lowest BCUT2D eigenvalue weighted by Crippen LogP contribution is -2.38. The Hall–Kier alpha value is -1.32. The van der Waals surface area contributed by atoms with E-state index < -0.39 is 20.0 Å². The van der Waals surface area contributed by atoms with E-state index in [2.05, 4.69) is 4.72 Å². The van der Waals surface area contributed by atoms with Crippen molar-refractivity contribution in [3.8, 4) is 5.75 Å². The molecule has 0 radical (unpaired) electrons. The molecule has 0 atom stereocenters. The maximum atomic E-state index is 12.5. The molecule has 0 saturated carbocycles. The van der Waals surface area contributed by atoms with Gasteiger partial charge in [0.05, 0.1) is 18.6 Å². The second kappa shape index (κ2) is 7.71. The van der Waals surface area contributed by atoms with Crippen molar-refractivity contribution in [2.45, 2.75) is 37.5 Å². The highest BCUT2D eigenvalue weighted by molar-refractivity contribution is 7.92. The van der Waals surface area contributed by atoms with E-state index in [1.54, 1.807) is 6.07 Å². The molecular formula is C15H24N2O5S2. The van der Waals surface area contributed by atoms with Gasteiger partial charge in [-0.15, -0.1) is 0 Å². The maximum Gasteiger partial charge on any atom is 0.244 e. The minimum Gasteiger partial charge on any atom is -0.495 e. The largest absolute Gasteiger partial charge is 0.495 e. The molecule has 2 rings (SSSR count). The van der Waals surface area contributed by atoms with Gasteiger partial charge < -0.3 is 4.74 Å². The predicted molar refractivity (Wildman–Crippen MR) is 93.5 cm³/mol. The van der Waals surface area contributed by atoms with Crippen molar-refractivity contribution in [3.05, 3.63) is 18.2 Å². The number of unbranched alkanes of at least 4 members (excludes halogenated alkanes) is 1. The van der Waals surface area contributed by atoms with E-state index in [4.69, 9.17) is 4.74 Å². The van der Waals surface area contributed by atoms with Gasteiger partial charge in [-0.05, 0) is 37.5 Å². The van der Waals surface area contributed by atoms with Crippen LogP contribution in [0.3, 0.4) is 0 Å². The Balaban J connectivity index is 2.41. The monoisotopic (exact) mass is 376 g/mol. The lowest BCUT2D eigenvalue weighted by molar-refractivity contribution is 0.402. The molecular weight excluding hydrogens is 352 g/mol. The Labute approximate surface area is 144 Å². The van der Waals surface area contributed by atoms with E-state index in [0.717, 1.165) is 19.3 Å². The summed E-state index contributed by atoms with van der Waals surface area (Å²) in [5.74, 6) is 0.271. The molecule has 1 heterocycles. The molecule has 0 aliphatic carbocycles. The summed E-state index contributed by atoms with van der Waals surface area (Å²) in [5.41, 5.74) is 0.353. The summed E-state index contributed by atoms with van der Waals surface area (Å²) in [6.45, 7) is 2.66. The van der Waals surface area contributed by atoms with Gasteiger partial charge in [-0.25, -0.2) is 21.6 Å². The Kier molecular flexibility index (Phi) is 6.11. The van der Waals surface area contributed by atoms with Gasteiger partial charge >= 0.3 is 0 Å². The zero-order valence-corrected chi connectivity index (χ0v) is 15.6. The molecule has 1 aromatic rings. The fourth-order valence-corrected chi connectivity index (χ4v) is 5.46. The zero-order valence-electron chi connectivity index (χ0n) is 14.0. The van der Waals surface area contributed by atoms with Crippen molar-refractivity contribution >= 4 is 25.7 Å². The molecule has 1 aliphatic rings. The number of nitrogens with one attached hydrogen (secondary N) is 1. The molecule has 0 bridgehead atoms. The second-order valence-electron chi connectivity index (χ2n) is 5.68. The van der Waals surface area contributed by atoms with Crippen LogP contribution in [0, 0.1) is 0 Å². The molecule has 1 aromatic carbocycles. The highest BCUT2D eigenvalue weighted by Crippen LogP contribution is 2.31. The van der Waals surface area contributed by atoms with Crippen LogP contribution in [0.2, 0.25) is 0 Å². The van der Waals surface area contributed by atoms with Gasteiger partial charge in [-0.1, -0.05) is 13.3 Å². The highest BCUT2D eigenvalue weighted by atomic mass is 32.2. The highest BCUT2D eigenvalue weighted by Gasteiger charge is 2.28. The van der Waals surface area contributed by atoms with Gasteiger partial charge in [0.1, 0.15) is 10.6 Å². The molecule has 1 saturated heterocycles. The lowest BCUT2D eigenvalue weighted by atomic mass is 10.2. The van der Waals surface area contributed by atoms with Crippen molar-refractivity contribution < 1.29 is 21.6 Å². The Morgan fingerprint density at radius 2 is 2.04 bits per heavy atom. The first kappa shape index (κ1) is 19.0. The molecule has 0 aromatic heterocycles. The lowest BCUT2D eigenvalue weighted by Gasteiger charge is -2.28. The molecule has 1 N–H and O–H groups in total. The average Bonchev–Trinajstić information content (AvgIpc) is 2.54. The predicted octanol–water partition coefficient (Wildman–Crippen LogP) is 1.70. The van der Waals surface area contributed by atoms with Gasteiger partial charge in [0, 0.05) is 13.1 Å². The SMILES string of the molecule is CCCCNS(=O)(=O)c1cc(N2CCCCS2(=O)=O)ccc1OC. The Morgan fingerprint density at radius 3 is 2.67 bits per heavy atom. The first-order valence-corrected chi connectivity index (χ1v) is 11.1. The number of hydrogen-bond acceptors (Lipinski definition) is 5. The summed E-state index contributed by atoms with van der Waals surface area (Å²) in [5, 5.41) is 0. The van der Waals surface area contributed by atoms with Crippen LogP contribution in [0.15, 0.2) is 23.1 Å². The van der Waals surface area contributed by atoms with Gasteiger partial charge in [-0.3, -0.25) is 4.31 Å². The third-order valence-electron chi connectivity index (χ3n) is 3.90. The number of nitrogens with zero attached hydrogens (tertiary/aromatic N) is 1. The molecule has 0 unspecified atom stereocenters. The first-order chi connectivity index (χ1) is 11.3. The van der Waals surface area contributed by atoms with Crippen molar-refractivity contribution in [3.63, 3.8) is 0 Å². The molecule has 7 nitrogen and oxygen atoms in total. The Morgan fingerprint density at radius 1 is 1.29 bits per heavy atom. The van der Waals surface area contributed by atoms with Crippen molar-refractivity contribution in [1.29, 1.82) is 0 Å². The quantitative estimate of drug-likeness (QED) is 0.731. The zero-order chi connectivity index (χ0) is 17.8. The van der Waals surface area contributed by atoms with Crippen LogP contribution in [0.5, 0.6) is 5.75 Å². The molecule has 9 heteroatoms. The van der Waals surface area contributed by atoms with E-state index >= 15 is 0 Å². The normalized spacial score (nSPS) is 17.7. The maximum absolute atomic E-state index is 12.5. The van der Waals surface area contributed by atoms with E-state index in [0.29, 0.717) is 25.2 Å². The summed E-state index contributed by atoms with van der Waals surface area (Å²) in [6.07, 6.45) is 2.97. The summed E-state index contributed by atoms with van der Waals surface area (Å²) in [6, 6.07) is 4.44. The number of rotatable bonds is 7. The fourth-order valence-electron chi connectivity index (χ4n) is 2.57. The Bertz CT molecular complexity index is 775. The molecule has 24 heavy (non-hydrogen) atoms. The molecule has 0 amide bonds. The van der Waals surface area contributed by atoms with Gasteiger partial charge in [0.2, 0.25) is 20.0 Å². The molecule has 136 valence electrons.